The van der Waals surface area contributed by atoms with Gasteiger partial charge in [0.25, 0.3) is 0 Å². The monoisotopic (exact) mass is 223 g/mol. The Morgan fingerprint density at radius 2 is 2.31 bits per heavy atom. The number of aliphatic hydroxyl groups is 1. The first-order valence-electron chi connectivity index (χ1n) is 5.94. The van der Waals surface area contributed by atoms with Gasteiger partial charge in [-0.15, -0.1) is 0 Å². The van der Waals surface area contributed by atoms with E-state index in [9.17, 15) is 5.11 Å². The van der Waals surface area contributed by atoms with Crippen molar-refractivity contribution in [1.82, 2.24) is 9.78 Å². The normalized spacial score (nSPS) is 20.5. The van der Waals surface area contributed by atoms with Crippen LogP contribution in [0.2, 0.25) is 0 Å². The summed E-state index contributed by atoms with van der Waals surface area (Å²) in [6, 6.07) is 0. The number of nitrogens with zero attached hydrogens (tertiary/aromatic N) is 2. The summed E-state index contributed by atoms with van der Waals surface area (Å²) in [5.41, 5.74) is 8.30. The molecule has 0 saturated heterocycles. The van der Waals surface area contributed by atoms with Gasteiger partial charge >= 0.3 is 0 Å². The number of nitrogens with two attached hydrogens (primary N) is 1. The highest BCUT2D eigenvalue weighted by molar-refractivity contribution is 5.24. The predicted octanol–water partition coefficient (Wildman–Crippen LogP) is 0.933. The molecule has 1 aliphatic carbocycles. The van der Waals surface area contributed by atoms with Gasteiger partial charge in [0.1, 0.15) is 0 Å². The molecule has 1 aromatic rings. The summed E-state index contributed by atoms with van der Waals surface area (Å²) in [7, 11) is 1.95. The second-order valence-electron chi connectivity index (χ2n) is 5.00. The van der Waals surface area contributed by atoms with E-state index in [1.807, 2.05) is 17.9 Å². The van der Waals surface area contributed by atoms with Gasteiger partial charge in [0.15, 0.2) is 0 Å². The Bertz CT molecular complexity index is 343. The predicted molar refractivity (Wildman–Crippen MR) is 63.1 cm³/mol. The topological polar surface area (TPSA) is 64.1 Å². The molecule has 0 bridgehead atoms. The molecule has 0 spiro atoms. The van der Waals surface area contributed by atoms with Crippen LogP contribution in [0.15, 0.2) is 6.20 Å². The molecule has 0 radical (unpaired) electrons. The quantitative estimate of drug-likeness (QED) is 0.798. The van der Waals surface area contributed by atoms with Gasteiger partial charge in [-0.1, -0.05) is 6.42 Å². The van der Waals surface area contributed by atoms with Crippen molar-refractivity contribution >= 4 is 0 Å². The molecule has 0 aliphatic heterocycles. The van der Waals surface area contributed by atoms with Crippen LogP contribution in [0.3, 0.4) is 0 Å². The summed E-state index contributed by atoms with van der Waals surface area (Å²) < 4.78 is 1.91. The first kappa shape index (κ1) is 11.6. The maximum absolute atomic E-state index is 9.63. The Balaban J connectivity index is 2.36. The number of aryl methyl sites for hydroxylation is 2. The Hall–Kier alpha value is -0.870. The fraction of sp³-hybridized carbons (Fsp3) is 0.750. The van der Waals surface area contributed by atoms with Crippen LogP contribution in [-0.2, 0) is 7.05 Å². The molecular weight excluding hydrogens is 202 g/mol. The SMILES string of the molecule is Cc1cnn(C)c1C(CN)C1(CO)CCC1. The zero-order chi connectivity index (χ0) is 11.8. The lowest BCUT2D eigenvalue weighted by atomic mass is 9.60. The summed E-state index contributed by atoms with van der Waals surface area (Å²) >= 11 is 0. The highest BCUT2D eigenvalue weighted by Crippen LogP contribution is 2.51. The maximum atomic E-state index is 9.63. The van der Waals surface area contributed by atoms with Crippen molar-refractivity contribution in [2.24, 2.45) is 18.2 Å². The molecule has 3 N–H and O–H groups in total. The lowest BCUT2D eigenvalue weighted by Gasteiger charge is -2.46. The van der Waals surface area contributed by atoms with E-state index < -0.39 is 0 Å². The van der Waals surface area contributed by atoms with Crippen molar-refractivity contribution in [3.8, 4) is 0 Å². The van der Waals surface area contributed by atoms with Crippen LogP contribution in [0.4, 0.5) is 0 Å². The van der Waals surface area contributed by atoms with Crippen LogP contribution in [0.25, 0.3) is 0 Å². The van der Waals surface area contributed by atoms with Crippen LogP contribution in [0.5, 0.6) is 0 Å². The van der Waals surface area contributed by atoms with Crippen molar-refractivity contribution < 1.29 is 5.11 Å². The number of hydrogen-bond acceptors (Lipinski definition) is 3. The Morgan fingerprint density at radius 3 is 2.62 bits per heavy atom. The second-order valence-corrected chi connectivity index (χ2v) is 5.00. The summed E-state index contributed by atoms with van der Waals surface area (Å²) in [6.45, 7) is 2.88. The van der Waals surface area contributed by atoms with E-state index in [4.69, 9.17) is 5.73 Å². The van der Waals surface area contributed by atoms with Crippen LogP contribution in [-0.4, -0.2) is 28.0 Å². The van der Waals surface area contributed by atoms with Gasteiger partial charge < -0.3 is 10.8 Å². The van der Waals surface area contributed by atoms with E-state index in [2.05, 4.69) is 12.0 Å². The average Bonchev–Trinajstić information content (AvgIpc) is 2.53. The average molecular weight is 223 g/mol. The molecular formula is C12H21N3O. The minimum absolute atomic E-state index is 0.00725. The highest BCUT2D eigenvalue weighted by Gasteiger charge is 2.45. The summed E-state index contributed by atoms with van der Waals surface area (Å²) in [4.78, 5) is 0. The summed E-state index contributed by atoms with van der Waals surface area (Å²) in [6.07, 6.45) is 5.24. The fourth-order valence-electron chi connectivity index (χ4n) is 2.96. The largest absolute Gasteiger partial charge is 0.396 e. The zero-order valence-corrected chi connectivity index (χ0v) is 10.1. The third-order valence-corrected chi connectivity index (χ3v) is 4.15. The molecule has 2 rings (SSSR count). The third kappa shape index (κ3) is 1.57. The zero-order valence-electron chi connectivity index (χ0n) is 10.1. The lowest BCUT2D eigenvalue weighted by molar-refractivity contribution is 0.0167. The maximum Gasteiger partial charge on any atom is 0.0521 e. The van der Waals surface area contributed by atoms with E-state index in [-0.39, 0.29) is 17.9 Å². The number of aromatic nitrogens is 2. The molecule has 1 unspecified atom stereocenters. The van der Waals surface area contributed by atoms with Crippen LogP contribution in [0.1, 0.15) is 36.4 Å². The second kappa shape index (κ2) is 4.18. The van der Waals surface area contributed by atoms with Gasteiger partial charge in [0.05, 0.1) is 6.20 Å². The first-order valence-corrected chi connectivity index (χ1v) is 5.94. The van der Waals surface area contributed by atoms with Gasteiger partial charge in [0, 0.05) is 37.2 Å². The van der Waals surface area contributed by atoms with E-state index >= 15 is 0 Å². The fourth-order valence-corrected chi connectivity index (χ4v) is 2.96. The molecule has 1 saturated carbocycles. The smallest absolute Gasteiger partial charge is 0.0521 e. The number of hydrogen-bond donors (Lipinski definition) is 2. The van der Waals surface area contributed by atoms with Crippen molar-refractivity contribution in [1.29, 1.82) is 0 Å². The lowest BCUT2D eigenvalue weighted by Crippen LogP contribution is -2.43. The molecule has 90 valence electrons. The standard InChI is InChI=1S/C12H21N3O/c1-9-7-14-15(2)11(9)10(6-13)12(8-16)4-3-5-12/h7,10,16H,3-6,8,13H2,1-2H3. The number of rotatable bonds is 4. The van der Waals surface area contributed by atoms with Crippen LogP contribution < -0.4 is 5.73 Å². The molecule has 1 fully saturated rings. The van der Waals surface area contributed by atoms with Crippen molar-refractivity contribution in [3.63, 3.8) is 0 Å². The van der Waals surface area contributed by atoms with E-state index in [0.717, 1.165) is 12.8 Å². The minimum atomic E-state index is 0.00725. The van der Waals surface area contributed by atoms with Gasteiger partial charge in [-0.25, -0.2) is 0 Å². The minimum Gasteiger partial charge on any atom is -0.396 e. The van der Waals surface area contributed by atoms with Crippen LogP contribution in [0, 0.1) is 12.3 Å². The third-order valence-electron chi connectivity index (χ3n) is 4.15. The van der Waals surface area contributed by atoms with Crippen molar-refractivity contribution in [2.45, 2.75) is 32.1 Å². The summed E-state index contributed by atoms with van der Waals surface area (Å²) in [5.74, 6) is 0.235. The highest BCUT2D eigenvalue weighted by atomic mass is 16.3. The molecule has 1 aliphatic rings. The molecule has 0 aromatic carbocycles. The van der Waals surface area contributed by atoms with E-state index in [0.29, 0.717) is 6.54 Å². The van der Waals surface area contributed by atoms with Crippen molar-refractivity contribution in [2.75, 3.05) is 13.2 Å². The van der Waals surface area contributed by atoms with Gasteiger partial charge in [0.2, 0.25) is 0 Å². The molecule has 1 aromatic heterocycles. The first-order chi connectivity index (χ1) is 7.64. The molecule has 1 atom stereocenters. The van der Waals surface area contributed by atoms with Crippen LogP contribution >= 0.6 is 0 Å². The van der Waals surface area contributed by atoms with Crippen molar-refractivity contribution in [3.05, 3.63) is 17.5 Å². The molecule has 0 amide bonds. The van der Waals surface area contributed by atoms with Gasteiger partial charge in [-0.05, 0) is 25.3 Å². The van der Waals surface area contributed by atoms with Gasteiger partial charge in [-0.3, -0.25) is 4.68 Å². The Labute approximate surface area is 96.5 Å². The molecule has 4 heteroatoms. The molecule has 1 heterocycles. The number of aliphatic hydroxyl groups excluding tert-OH is 1. The molecule has 4 nitrogen and oxygen atoms in total. The molecule has 16 heavy (non-hydrogen) atoms. The Morgan fingerprint density at radius 1 is 1.62 bits per heavy atom. The summed E-state index contributed by atoms with van der Waals surface area (Å²) in [5, 5.41) is 13.9. The van der Waals surface area contributed by atoms with Gasteiger partial charge in [-0.2, -0.15) is 5.10 Å². The van der Waals surface area contributed by atoms with E-state index in [1.165, 1.54) is 17.7 Å². The Kier molecular flexibility index (Phi) is 3.04. The van der Waals surface area contributed by atoms with E-state index in [1.54, 1.807) is 0 Å².